The Morgan fingerprint density at radius 1 is 1.04 bits per heavy atom. The number of benzene rings is 1. The molecule has 2 rings (SSSR count). The molecule has 0 unspecified atom stereocenters. The first kappa shape index (κ1) is 19.8. The lowest BCUT2D eigenvalue weighted by molar-refractivity contribution is 0.322. The molecule has 1 aromatic carbocycles. The molecule has 0 atom stereocenters. The molecule has 142 valence electrons. The lowest BCUT2D eigenvalue weighted by atomic mass is 10.1. The summed E-state index contributed by atoms with van der Waals surface area (Å²) in [6.07, 6.45) is 0. The van der Waals surface area contributed by atoms with Crippen LogP contribution in [0.3, 0.4) is 0 Å². The molecule has 0 amide bonds. The minimum absolute atomic E-state index is 0.532. The number of methoxy groups -OCH3 is 3. The Hall–Kier alpha value is -2.48. The predicted molar refractivity (Wildman–Crippen MR) is 105 cm³/mol. The van der Waals surface area contributed by atoms with Crippen molar-refractivity contribution >= 4 is 17.3 Å². The van der Waals surface area contributed by atoms with Gasteiger partial charge in [-0.15, -0.1) is 11.3 Å². The summed E-state index contributed by atoms with van der Waals surface area (Å²) in [6, 6.07) is 3.80. The van der Waals surface area contributed by atoms with Crippen LogP contribution in [0.4, 0.5) is 0 Å². The highest BCUT2D eigenvalue weighted by atomic mass is 32.1. The Morgan fingerprint density at radius 3 is 2.27 bits per heavy atom. The molecule has 0 aliphatic heterocycles. The number of aliphatic imine (C=N–C) groups is 1. The number of guanidine groups is 1. The minimum Gasteiger partial charge on any atom is -0.493 e. The molecule has 26 heavy (non-hydrogen) atoms. The Balaban J connectivity index is 2.05. The van der Waals surface area contributed by atoms with Crippen LogP contribution in [-0.2, 0) is 13.1 Å². The first-order chi connectivity index (χ1) is 12.5. The van der Waals surface area contributed by atoms with E-state index in [2.05, 4.69) is 20.6 Å². The van der Waals surface area contributed by atoms with Crippen molar-refractivity contribution in [3.63, 3.8) is 0 Å². The molecule has 8 heteroatoms. The number of aromatic nitrogens is 1. The highest BCUT2D eigenvalue weighted by Crippen LogP contribution is 2.39. The molecular weight excluding hydrogens is 352 g/mol. The molecule has 0 saturated heterocycles. The standard InChI is InChI=1S/C18H26N4O3S/c1-11-15(26-12(2)22-11)10-21-18(19-3)20-9-13-7-8-14(23-4)17(25-6)16(13)24-5/h7-8H,9-10H2,1-6H3,(H2,19,20,21). The molecule has 0 aliphatic rings. The average molecular weight is 378 g/mol. The SMILES string of the molecule is CN=C(NCc1ccc(OC)c(OC)c1OC)NCc1sc(C)nc1C. The number of thiazole rings is 1. The van der Waals surface area contributed by atoms with Gasteiger partial charge in [0.15, 0.2) is 17.5 Å². The van der Waals surface area contributed by atoms with Gasteiger partial charge in [-0.3, -0.25) is 4.99 Å². The Kier molecular flexibility index (Phi) is 7.08. The van der Waals surface area contributed by atoms with E-state index in [9.17, 15) is 0 Å². The zero-order chi connectivity index (χ0) is 19.1. The minimum atomic E-state index is 0.532. The third-order valence-electron chi connectivity index (χ3n) is 3.87. The lowest BCUT2D eigenvalue weighted by Crippen LogP contribution is -2.36. The Bertz CT molecular complexity index is 774. The van der Waals surface area contributed by atoms with Gasteiger partial charge in [0.25, 0.3) is 0 Å². The van der Waals surface area contributed by atoms with Crippen molar-refractivity contribution < 1.29 is 14.2 Å². The summed E-state index contributed by atoms with van der Waals surface area (Å²) < 4.78 is 16.3. The molecule has 0 radical (unpaired) electrons. The van der Waals surface area contributed by atoms with Crippen molar-refractivity contribution in [2.75, 3.05) is 28.4 Å². The van der Waals surface area contributed by atoms with Crippen LogP contribution in [0, 0.1) is 13.8 Å². The maximum atomic E-state index is 5.51. The Morgan fingerprint density at radius 2 is 1.73 bits per heavy atom. The maximum absolute atomic E-state index is 5.51. The average Bonchev–Trinajstić information content (AvgIpc) is 2.98. The molecule has 0 saturated carbocycles. The Labute approximate surface area is 158 Å². The van der Waals surface area contributed by atoms with Crippen molar-refractivity contribution in [2.45, 2.75) is 26.9 Å². The zero-order valence-corrected chi connectivity index (χ0v) is 16.9. The summed E-state index contributed by atoms with van der Waals surface area (Å²) in [5.74, 6) is 2.55. The van der Waals surface area contributed by atoms with E-state index in [0.29, 0.717) is 36.3 Å². The van der Waals surface area contributed by atoms with Gasteiger partial charge < -0.3 is 24.8 Å². The largest absolute Gasteiger partial charge is 0.493 e. The van der Waals surface area contributed by atoms with Crippen LogP contribution in [0.5, 0.6) is 17.2 Å². The van der Waals surface area contributed by atoms with Crippen molar-refractivity contribution in [3.05, 3.63) is 33.3 Å². The molecule has 0 spiro atoms. The van der Waals surface area contributed by atoms with Crippen molar-refractivity contribution in [2.24, 2.45) is 4.99 Å². The van der Waals surface area contributed by atoms with E-state index in [-0.39, 0.29) is 0 Å². The maximum Gasteiger partial charge on any atom is 0.203 e. The van der Waals surface area contributed by atoms with Crippen LogP contribution in [0.15, 0.2) is 17.1 Å². The van der Waals surface area contributed by atoms with Crippen molar-refractivity contribution in [1.29, 1.82) is 0 Å². The molecule has 2 aromatic rings. The van der Waals surface area contributed by atoms with E-state index >= 15 is 0 Å². The number of rotatable bonds is 7. The smallest absolute Gasteiger partial charge is 0.203 e. The van der Waals surface area contributed by atoms with Crippen LogP contribution < -0.4 is 24.8 Å². The molecule has 7 nitrogen and oxygen atoms in total. The molecular formula is C18H26N4O3S. The molecule has 0 fully saturated rings. The third kappa shape index (κ3) is 4.57. The van der Waals surface area contributed by atoms with Gasteiger partial charge in [0.2, 0.25) is 5.75 Å². The highest BCUT2D eigenvalue weighted by Gasteiger charge is 2.16. The molecule has 1 heterocycles. The number of hydrogen-bond donors (Lipinski definition) is 2. The molecule has 0 aliphatic carbocycles. The van der Waals surface area contributed by atoms with Crippen LogP contribution in [0.25, 0.3) is 0 Å². The van der Waals surface area contributed by atoms with Gasteiger partial charge in [-0.2, -0.15) is 0 Å². The topological polar surface area (TPSA) is 77.0 Å². The summed E-state index contributed by atoms with van der Waals surface area (Å²) in [7, 11) is 6.55. The quantitative estimate of drug-likeness (QED) is 0.570. The van der Waals surface area contributed by atoms with Crippen LogP contribution in [0.1, 0.15) is 21.1 Å². The van der Waals surface area contributed by atoms with Gasteiger partial charge in [0.05, 0.1) is 38.6 Å². The van der Waals surface area contributed by atoms with E-state index in [1.807, 2.05) is 26.0 Å². The summed E-state index contributed by atoms with van der Waals surface area (Å²) in [6.45, 7) is 5.24. The summed E-state index contributed by atoms with van der Waals surface area (Å²) in [5, 5.41) is 7.67. The fourth-order valence-corrected chi connectivity index (χ4v) is 3.48. The van der Waals surface area contributed by atoms with Crippen molar-refractivity contribution in [1.82, 2.24) is 15.6 Å². The van der Waals surface area contributed by atoms with Gasteiger partial charge >= 0.3 is 0 Å². The second-order valence-electron chi connectivity index (χ2n) is 5.51. The predicted octanol–water partition coefficient (Wildman–Crippen LogP) is 2.65. The molecule has 0 bridgehead atoms. The second-order valence-corrected chi connectivity index (χ2v) is 6.80. The monoisotopic (exact) mass is 378 g/mol. The van der Waals surface area contributed by atoms with Crippen LogP contribution >= 0.6 is 11.3 Å². The summed E-state index contributed by atoms with van der Waals surface area (Å²) in [5.41, 5.74) is 2.00. The third-order valence-corrected chi connectivity index (χ3v) is 4.94. The van der Waals surface area contributed by atoms with Gasteiger partial charge in [0, 0.05) is 24.0 Å². The summed E-state index contributed by atoms with van der Waals surface area (Å²) >= 11 is 1.69. The van der Waals surface area contributed by atoms with Gasteiger partial charge in [-0.25, -0.2) is 4.98 Å². The first-order valence-electron chi connectivity index (χ1n) is 8.19. The zero-order valence-electron chi connectivity index (χ0n) is 16.1. The van der Waals surface area contributed by atoms with Crippen LogP contribution in [-0.4, -0.2) is 39.3 Å². The van der Waals surface area contributed by atoms with Gasteiger partial charge in [-0.1, -0.05) is 0 Å². The van der Waals surface area contributed by atoms with Gasteiger partial charge in [-0.05, 0) is 26.0 Å². The fraction of sp³-hybridized carbons (Fsp3) is 0.444. The second kappa shape index (κ2) is 9.28. The fourth-order valence-electron chi connectivity index (χ4n) is 2.60. The number of nitrogens with one attached hydrogen (secondary N) is 2. The lowest BCUT2D eigenvalue weighted by Gasteiger charge is -2.17. The van der Waals surface area contributed by atoms with E-state index in [4.69, 9.17) is 14.2 Å². The van der Waals surface area contributed by atoms with E-state index in [1.54, 1.807) is 39.7 Å². The van der Waals surface area contributed by atoms with Crippen LogP contribution in [0.2, 0.25) is 0 Å². The van der Waals surface area contributed by atoms with Crippen molar-refractivity contribution in [3.8, 4) is 17.2 Å². The number of ether oxygens (including phenoxy) is 3. The summed E-state index contributed by atoms with van der Waals surface area (Å²) in [4.78, 5) is 9.91. The number of aryl methyl sites for hydroxylation is 2. The highest BCUT2D eigenvalue weighted by molar-refractivity contribution is 7.11. The van der Waals surface area contributed by atoms with Gasteiger partial charge in [0.1, 0.15) is 0 Å². The normalized spacial score (nSPS) is 11.2. The van der Waals surface area contributed by atoms with E-state index < -0.39 is 0 Å². The van der Waals surface area contributed by atoms with E-state index in [1.165, 1.54) is 4.88 Å². The molecule has 1 aromatic heterocycles. The first-order valence-corrected chi connectivity index (χ1v) is 9.00. The van der Waals surface area contributed by atoms with E-state index in [0.717, 1.165) is 16.3 Å². The molecule has 2 N–H and O–H groups in total. The number of nitrogens with zero attached hydrogens (tertiary/aromatic N) is 2. The number of hydrogen-bond acceptors (Lipinski definition) is 6.